The minimum absolute atomic E-state index is 0.179. The van der Waals surface area contributed by atoms with E-state index in [0.717, 1.165) is 41.3 Å². The summed E-state index contributed by atoms with van der Waals surface area (Å²) in [5.41, 5.74) is 8.95. The molecule has 0 spiro atoms. The van der Waals surface area contributed by atoms with E-state index in [1.165, 1.54) is 6.21 Å². The van der Waals surface area contributed by atoms with Gasteiger partial charge in [-0.05, 0) is 42.8 Å². The highest BCUT2D eigenvalue weighted by Crippen LogP contribution is 2.22. The molecule has 0 aliphatic carbocycles. The molecule has 6 N–H and O–H groups in total. The van der Waals surface area contributed by atoms with Crippen molar-refractivity contribution in [1.29, 1.82) is 10.8 Å². The van der Waals surface area contributed by atoms with Crippen molar-refractivity contribution < 1.29 is 10.1 Å². The number of ether oxygens (including phenoxy) is 1. The van der Waals surface area contributed by atoms with Crippen molar-refractivity contribution in [3.8, 4) is 0 Å². The highest BCUT2D eigenvalue weighted by molar-refractivity contribution is 8.26. The smallest absolute Gasteiger partial charge is 0.166 e. The number of pyridine rings is 2. The Labute approximate surface area is 161 Å². The van der Waals surface area contributed by atoms with Crippen LogP contribution in [0.15, 0.2) is 35.6 Å². The number of hydrogen-bond acceptors (Lipinski definition) is 7. The Hall–Kier alpha value is -2.62. The molecule has 1 atom stereocenters. The van der Waals surface area contributed by atoms with E-state index in [0.29, 0.717) is 23.0 Å². The van der Waals surface area contributed by atoms with Gasteiger partial charge in [-0.2, -0.15) is 0 Å². The number of rotatable bonds is 5. The van der Waals surface area contributed by atoms with Crippen LogP contribution >= 0.6 is 11.8 Å². The lowest BCUT2D eigenvalue weighted by Crippen LogP contribution is -2.72. The maximum Gasteiger partial charge on any atom is 0.166 e. The third kappa shape index (κ3) is 4.76. The zero-order valence-electron chi connectivity index (χ0n) is 15.0. The molecule has 0 aromatic carbocycles. The Kier molecular flexibility index (Phi) is 6.28. The lowest BCUT2D eigenvalue weighted by molar-refractivity contribution is -0.555. The summed E-state index contributed by atoms with van der Waals surface area (Å²) in [6, 6.07) is 5.44. The second-order valence-corrected chi connectivity index (χ2v) is 7.01. The molecule has 1 aliphatic heterocycles. The number of quaternary nitrogens is 1. The molecule has 1 saturated heterocycles. The van der Waals surface area contributed by atoms with E-state index in [1.807, 2.05) is 30.7 Å². The van der Waals surface area contributed by atoms with E-state index in [2.05, 4.69) is 15.0 Å². The molecule has 2 aromatic heterocycles. The van der Waals surface area contributed by atoms with Crippen LogP contribution in [0.4, 0.5) is 5.82 Å². The fourth-order valence-electron chi connectivity index (χ4n) is 2.72. The number of amidine groups is 1. The molecule has 3 heterocycles. The van der Waals surface area contributed by atoms with Crippen molar-refractivity contribution in [2.75, 3.05) is 13.7 Å². The predicted octanol–water partition coefficient (Wildman–Crippen LogP) is 1.65. The van der Waals surface area contributed by atoms with Crippen molar-refractivity contribution in [1.82, 2.24) is 9.97 Å². The topological polar surface area (TPSA) is 138 Å². The van der Waals surface area contributed by atoms with Gasteiger partial charge in [-0.3, -0.25) is 10.4 Å². The van der Waals surface area contributed by atoms with Crippen LogP contribution in [-0.2, 0) is 4.74 Å². The fourth-order valence-corrected chi connectivity index (χ4v) is 3.40. The molecule has 0 unspecified atom stereocenters. The van der Waals surface area contributed by atoms with E-state index < -0.39 is 0 Å². The molecule has 1 fully saturated rings. The van der Waals surface area contributed by atoms with E-state index in [-0.39, 0.29) is 11.3 Å². The molecule has 9 heteroatoms. The zero-order chi connectivity index (χ0) is 19.2. The summed E-state index contributed by atoms with van der Waals surface area (Å²) in [5, 5.41) is 18.1. The van der Waals surface area contributed by atoms with Gasteiger partial charge in [0.25, 0.3) is 0 Å². The maximum absolute atomic E-state index is 8.07. The van der Waals surface area contributed by atoms with Gasteiger partial charge in [0.1, 0.15) is 17.3 Å². The average molecular weight is 384 g/mol. The van der Waals surface area contributed by atoms with Gasteiger partial charge in [0.15, 0.2) is 11.0 Å². The van der Waals surface area contributed by atoms with Crippen LogP contribution in [0.2, 0.25) is 0 Å². The SMILES string of the molecule is C[NH2+]/C=C(\C=N)c1cnc2ccc(N=C(N)SC(=N)[C@H]3CCCO3)nc2c1. The summed E-state index contributed by atoms with van der Waals surface area (Å²) in [6.07, 6.45) is 6.50. The van der Waals surface area contributed by atoms with Crippen molar-refractivity contribution in [3.05, 3.63) is 36.2 Å². The van der Waals surface area contributed by atoms with Crippen molar-refractivity contribution in [2.45, 2.75) is 18.9 Å². The molecule has 0 amide bonds. The Balaban J connectivity index is 1.83. The minimum atomic E-state index is -0.179. The Bertz CT molecular complexity index is 919. The summed E-state index contributed by atoms with van der Waals surface area (Å²) < 4.78 is 5.48. The van der Waals surface area contributed by atoms with Gasteiger partial charge in [-0.1, -0.05) is 0 Å². The van der Waals surface area contributed by atoms with Crippen LogP contribution in [0.3, 0.4) is 0 Å². The highest BCUT2D eigenvalue weighted by atomic mass is 32.2. The monoisotopic (exact) mass is 384 g/mol. The standard InChI is InChI=1S/C18H21N7OS/c1-22-9-12(8-19)11-7-14-13(23-10-11)4-5-16(24-14)25-18(21)27-17(20)15-3-2-6-26-15/h4-5,7-10,15,19-20,22H,2-3,6H2,1H3,(H2,21,24,25)/p+1/b12-9+,19-8?,20-17?/t15-/m1/s1. The van der Waals surface area contributed by atoms with Gasteiger partial charge >= 0.3 is 0 Å². The molecule has 8 nitrogen and oxygen atoms in total. The number of aromatic nitrogens is 2. The first-order chi connectivity index (χ1) is 13.1. The first kappa shape index (κ1) is 19.2. The van der Waals surface area contributed by atoms with Crippen LogP contribution < -0.4 is 11.1 Å². The van der Waals surface area contributed by atoms with E-state index in [1.54, 1.807) is 12.3 Å². The summed E-state index contributed by atoms with van der Waals surface area (Å²) >= 11 is 1.10. The van der Waals surface area contributed by atoms with E-state index in [4.69, 9.17) is 21.3 Å². The molecule has 140 valence electrons. The number of nitrogens with two attached hydrogens (primary N) is 2. The number of aliphatic imine (C=N–C) groups is 1. The second-order valence-electron chi connectivity index (χ2n) is 5.95. The lowest BCUT2D eigenvalue weighted by atomic mass is 10.1. The number of nitrogens with zero attached hydrogens (tertiary/aromatic N) is 3. The number of allylic oxidation sites excluding steroid dienone is 1. The van der Waals surface area contributed by atoms with Crippen LogP contribution in [-0.4, -0.2) is 46.2 Å². The normalized spacial score (nSPS) is 18.0. The van der Waals surface area contributed by atoms with E-state index in [9.17, 15) is 0 Å². The first-order valence-electron chi connectivity index (χ1n) is 8.60. The summed E-state index contributed by atoms with van der Waals surface area (Å²) in [4.78, 5) is 13.2. The molecule has 2 aromatic rings. The van der Waals surface area contributed by atoms with Gasteiger partial charge in [0.2, 0.25) is 0 Å². The molecule has 27 heavy (non-hydrogen) atoms. The average Bonchev–Trinajstić information content (AvgIpc) is 3.20. The second kappa shape index (κ2) is 8.85. The molecule has 1 aliphatic rings. The van der Waals surface area contributed by atoms with Gasteiger partial charge in [0.05, 0.1) is 23.7 Å². The Morgan fingerprint density at radius 1 is 1.44 bits per heavy atom. The number of hydrogen-bond donors (Lipinski definition) is 4. The van der Waals surface area contributed by atoms with Crippen molar-refractivity contribution in [2.24, 2.45) is 10.7 Å². The van der Waals surface area contributed by atoms with Crippen molar-refractivity contribution in [3.63, 3.8) is 0 Å². The maximum atomic E-state index is 8.07. The van der Waals surface area contributed by atoms with Gasteiger partial charge in [-0.15, -0.1) is 0 Å². The molecule has 0 radical (unpaired) electrons. The minimum Gasteiger partial charge on any atom is -0.378 e. The van der Waals surface area contributed by atoms with Gasteiger partial charge in [0, 0.05) is 24.6 Å². The van der Waals surface area contributed by atoms with Crippen LogP contribution in [0, 0.1) is 10.8 Å². The summed E-state index contributed by atoms with van der Waals surface area (Å²) in [7, 11) is 1.90. The first-order valence-corrected chi connectivity index (χ1v) is 9.41. The van der Waals surface area contributed by atoms with E-state index >= 15 is 0 Å². The molecular formula is C18H22N7OS+. The predicted molar refractivity (Wildman–Crippen MR) is 110 cm³/mol. The molecular weight excluding hydrogens is 362 g/mol. The highest BCUT2D eigenvalue weighted by Gasteiger charge is 2.21. The van der Waals surface area contributed by atoms with Gasteiger partial charge in [-0.25, -0.2) is 9.98 Å². The molecule has 3 rings (SSSR count). The Morgan fingerprint density at radius 3 is 3.00 bits per heavy atom. The largest absolute Gasteiger partial charge is 0.378 e. The van der Waals surface area contributed by atoms with Crippen LogP contribution in [0.5, 0.6) is 0 Å². The molecule has 0 saturated carbocycles. The third-order valence-electron chi connectivity index (χ3n) is 4.02. The van der Waals surface area contributed by atoms with Crippen LogP contribution in [0.1, 0.15) is 18.4 Å². The van der Waals surface area contributed by atoms with Crippen LogP contribution in [0.25, 0.3) is 16.6 Å². The molecule has 0 bridgehead atoms. The quantitative estimate of drug-likeness (QED) is 0.459. The van der Waals surface area contributed by atoms with Crippen molar-refractivity contribution >= 4 is 50.6 Å². The number of thioether (sulfide) groups is 1. The summed E-state index contributed by atoms with van der Waals surface area (Å²) in [5.74, 6) is 0.453. The number of fused-ring (bicyclic) bond motifs is 1. The third-order valence-corrected chi connectivity index (χ3v) is 4.80. The number of nitrogens with one attached hydrogen (secondary N) is 2. The zero-order valence-corrected chi connectivity index (χ0v) is 15.8. The summed E-state index contributed by atoms with van der Waals surface area (Å²) in [6.45, 7) is 0.689. The lowest BCUT2D eigenvalue weighted by Gasteiger charge is -2.09. The Morgan fingerprint density at radius 2 is 2.30 bits per heavy atom. The van der Waals surface area contributed by atoms with Gasteiger partial charge < -0.3 is 21.2 Å². The fraction of sp³-hybridized carbons (Fsp3) is 0.278.